The molecule has 0 unspecified atom stereocenters. The molecule has 1 heterocycles. The summed E-state index contributed by atoms with van der Waals surface area (Å²) in [7, 11) is 0. The summed E-state index contributed by atoms with van der Waals surface area (Å²) in [5.74, 6) is 0.763. The van der Waals surface area contributed by atoms with Crippen molar-refractivity contribution in [3.63, 3.8) is 0 Å². The zero-order valence-electron chi connectivity index (χ0n) is 11.2. The molecule has 0 aliphatic heterocycles. The molecule has 4 nitrogen and oxygen atoms in total. The molecular formula is C13H24N4. The van der Waals surface area contributed by atoms with E-state index in [4.69, 9.17) is 0 Å². The summed E-state index contributed by atoms with van der Waals surface area (Å²) in [5, 5.41) is 6.61. The highest BCUT2D eigenvalue weighted by atomic mass is 15.1. The smallest absolute Gasteiger partial charge is 0.223 e. The van der Waals surface area contributed by atoms with E-state index in [1.54, 1.807) is 0 Å². The Morgan fingerprint density at radius 1 is 0.941 bits per heavy atom. The zero-order valence-corrected chi connectivity index (χ0v) is 11.2. The molecule has 0 saturated carbocycles. The number of hydrogen-bond donors (Lipinski definition) is 2. The molecule has 96 valence electrons. The van der Waals surface area contributed by atoms with E-state index < -0.39 is 0 Å². The quantitative estimate of drug-likeness (QED) is 0.678. The highest BCUT2D eigenvalue weighted by Crippen LogP contribution is 2.06. The van der Waals surface area contributed by atoms with E-state index in [0.717, 1.165) is 49.8 Å². The lowest BCUT2D eigenvalue weighted by molar-refractivity contribution is 0.685. The second kappa shape index (κ2) is 8.01. The maximum atomic E-state index is 4.47. The second-order valence-electron chi connectivity index (χ2n) is 4.06. The Labute approximate surface area is 104 Å². The second-order valence-corrected chi connectivity index (χ2v) is 4.06. The summed E-state index contributed by atoms with van der Waals surface area (Å²) >= 11 is 0. The van der Waals surface area contributed by atoms with Crippen molar-refractivity contribution in [1.29, 1.82) is 0 Å². The van der Waals surface area contributed by atoms with Crippen molar-refractivity contribution in [3.8, 4) is 0 Å². The van der Waals surface area contributed by atoms with E-state index in [2.05, 4.69) is 47.4 Å². The zero-order chi connectivity index (χ0) is 12.5. The van der Waals surface area contributed by atoms with Crippen molar-refractivity contribution in [1.82, 2.24) is 15.3 Å². The Kier molecular flexibility index (Phi) is 6.55. The van der Waals surface area contributed by atoms with E-state index >= 15 is 0 Å². The topological polar surface area (TPSA) is 49.8 Å². The van der Waals surface area contributed by atoms with E-state index in [1.807, 2.05) is 0 Å². The standard InChI is InChI=1S/C13H24N4/c1-4-7-14-8-9-15-13-16-11(5-2)10-12(6-3)17-13/h10,14H,4-9H2,1-3H3,(H,15,16,17). The molecule has 17 heavy (non-hydrogen) atoms. The monoisotopic (exact) mass is 236 g/mol. The third kappa shape index (κ3) is 5.13. The minimum Gasteiger partial charge on any atom is -0.353 e. The van der Waals surface area contributed by atoms with Crippen molar-refractivity contribution in [2.75, 3.05) is 25.0 Å². The van der Waals surface area contributed by atoms with Crippen LogP contribution in [0.25, 0.3) is 0 Å². The maximum Gasteiger partial charge on any atom is 0.223 e. The highest BCUT2D eigenvalue weighted by molar-refractivity contribution is 5.28. The van der Waals surface area contributed by atoms with Crippen molar-refractivity contribution in [2.24, 2.45) is 0 Å². The summed E-state index contributed by atoms with van der Waals surface area (Å²) in [4.78, 5) is 8.94. The molecule has 0 saturated heterocycles. The Hall–Kier alpha value is -1.16. The minimum absolute atomic E-state index is 0.763. The average Bonchev–Trinajstić information content (AvgIpc) is 2.38. The van der Waals surface area contributed by atoms with Crippen molar-refractivity contribution < 1.29 is 0 Å². The van der Waals surface area contributed by atoms with Gasteiger partial charge in [0, 0.05) is 24.5 Å². The molecule has 0 bridgehead atoms. The van der Waals surface area contributed by atoms with Gasteiger partial charge in [-0.3, -0.25) is 0 Å². The molecule has 0 spiro atoms. The minimum atomic E-state index is 0.763. The van der Waals surface area contributed by atoms with Crippen LogP contribution in [0.15, 0.2) is 6.07 Å². The van der Waals surface area contributed by atoms with Crippen LogP contribution in [0.4, 0.5) is 5.95 Å². The Morgan fingerprint density at radius 2 is 1.59 bits per heavy atom. The van der Waals surface area contributed by atoms with Gasteiger partial charge in [0.1, 0.15) is 0 Å². The molecule has 1 aromatic heterocycles. The molecule has 1 aromatic rings. The highest BCUT2D eigenvalue weighted by Gasteiger charge is 2.01. The van der Waals surface area contributed by atoms with Gasteiger partial charge in [0.25, 0.3) is 0 Å². The van der Waals surface area contributed by atoms with Gasteiger partial charge in [0.15, 0.2) is 0 Å². The SMILES string of the molecule is CCCNCCNc1nc(CC)cc(CC)n1. The van der Waals surface area contributed by atoms with Gasteiger partial charge in [-0.15, -0.1) is 0 Å². The lowest BCUT2D eigenvalue weighted by Crippen LogP contribution is -2.23. The predicted molar refractivity (Wildman–Crippen MR) is 72.4 cm³/mol. The third-order valence-electron chi connectivity index (χ3n) is 2.57. The number of rotatable bonds is 8. The van der Waals surface area contributed by atoms with Crippen molar-refractivity contribution in [2.45, 2.75) is 40.0 Å². The van der Waals surface area contributed by atoms with Crippen LogP contribution in [0.2, 0.25) is 0 Å². The van der Waals surface area contributed by atoms with Gasteiger partial charge < -0.3 is 10.6 Å². The number of aryl methyl sites for hydroxylation is 2. The van der Waals surface area contributed by atoms with Gasteiger partial charge in [-0.1, -0.05) is 20.8 Å². The molecular weight excluding hydrogens is 212 g/mol. The van der Waals surface area contributed by atoms with Gasteiger partial charge in [0.2, 0.25) is 5.95 Å². The lowest BCUT2D eigenvalue weighted by atomic mass is 10.2. The summed E-state index contributed by atoms with van der Waals surface area (Å²) in [6, 6.07) is 2.08. The van der Waals surface area contributed by atoms with Gasteiger partial charge in [-0.05, 0) is 31.9 Å². The fourth-order valence-electron chi connectivity index (χ4n) is 1.56. The molecule has 0 fully saturated rings. The Bertz CT molecular complexity index is 303. The molecule has 2 N–H and O–H groups in total. The number of aromatic nitrogens is 2. The lowest BCUT2D eigenvalue weighted by Gasteiger charge is -2.08. The summed E-state index contributed by atoms with van der Waals surface area (Å²) in [6.07, 6.45) is 3.08. The number of anilines is 1. The first-order chi connectivity index (χ1) is 8.30. The molecule has 0 aliphatic rings. The summed E-state index contributed by atoms with van der Waals surface area (Å²) < 4.78 is 0. The summed E-state index contributed by atoms with van der Waals surface area (Å²) in [5.41, 5.74) is 2.22. The van der Waals surface area contributed by atoms with E-state index in [-0.39, 0.29) is 0 Å². The van der Waals surface area contributed by atoms with Crippen molar-refractivity contribution in [3.05, 3.63) is 17.5 Å². The first-order valence-corrected chi connectivity index (χ1v) is 6.61. The van der Waals surface area contributed by atoms with Crippen LogP contribution in [0, 0.1) is 0 Å². The first kappa shape index (κ1) is 13.9. The number of nitrogens with one attached hydrogen (secondary N) is 2. The number of nitrogens with zero attached hydrogens (tertiary/aromatic N) is 2. The van der Waals surface area contributed by atoms with Crippen LogP contribution >= 0.6 is 0 Å². The van der Waals surface area contributed by atoms with Gasteiger partial charge in [-0.2, -0.15) is 0 Å². The summed E-state index contributed by atoms with van der Waals surface area (Å²) in [6.45, 7) is 9.30. The van der Waals surface area contributed by atoms with Crippen LogP contribution in [-0.2, 0) is 12.8 Å². The molecule has 0 atom stereocenters. The van der Waals surface area contributed by atoms with Gasteiger partial charge >= 0.3 is 0 Å². The molecule has 1 rings (SSSR count). The van der Waals surface area contributed by atoms with Crippen molar-refractivity contribution >= 4 is 5.95 Å². The Morgan fingerprint density at radius 3 is 2.12 bits per heavy atom. The van der Waals surface area contributed by atoms with E-state index in [0.29, 0.717) is 0 Å². The van der Waals surface area contributed by atoms with Crippen LogP contribution in [0.5, 0.6) is 0 Å². The average molecular weight is 236 g/mol. The fourth-order valence-corrected chi connectivity index (χ4v) is 1.56. The van der Waals surface area contributed by atoms with Gasteiger partial charge in [-0.25, -0.2) is 9.97 Å². The van der Waals surface area contributed by atoms with Crippen LogP contribution in [0.3, 0.4) is 0 Å². The number of hydrogen-bond acceptors (Lipinski definition) is 4. The molecule has 0 amide bonds. The van der Waals surface area contributed by atoms with Crippen LogP contribution < -0.4 is 10.6 Å². The molecule has 0 aliphatic carbocycles. The first-order valence-electron chi connectivity index (χ1n) is 6.61. The predicted octanol–water partition coefficient (Wildman–Crippen LogP) is 2.01. The third-order valence-corrected chi connectivity index (χ3v) is 2.57. The molecule has 0 aromatic carbocycles. The fraction of sp³-hybridized carbons (Fsp3) is 0.692. The normalized spacial score (nSPS) is 10.5. The maximum absolute atomic E-state index is 4.47. The Balaban J connectivity index is 2.46. The molecule has 4 heteroatoms. The van der Waals surface area contributed by atoms with Crippen LogP contribution in [-0.4, -0.2) is 29.6 Å². The molecule has 0 radical (unpaired) electrons. The van der Waals surface area contributed by atoms with Gasteiger partial charge in [0.05, 0.1) is 0 Å². The van der Waals surface area contributed by atoms with E-state index in [1.165, 1.54) is 6.42 Å². The van der Waals surface area contributed by atoms with Crippen LogP contribution in [0.1, 0.15) is 38.6 Å². The largest absolute Gasteiger partial charge is 0.353 e. The van der Waals surface area contributed by atoms with E-state index in [9.17, 15) is 0 Å².